The summed E-state index contributed by atoms with van der Waals surface area (Å²) in [7, 11) is 0. The van der Waals surface area contributed by atoms with E-state index >= 15 is 0 Å². The van der Waals surface area contributed by atoms with Gasteiger partial charge in [-0.2, -0.15) is 4.68 Å². The van der Waals surface area contributed by atoms with Crippen molar-refractivity contribution >= 4 is 16.9 Å². The predicted octanol–water partition coefficient (Wildman–Crippen LogP) is 1.11. The largest absolute Gasteiger partial charge is 0.490 e. The molecule has 0 spiro atoms. The molecule has 0 saturated carbocycles. The molecule has 1 atom stereocenters. The molecule has 9 heteroatoms. The minimum atomic E-state index is -0.865. The van der Waals surface area contributed by atoms with Gasteiger partial charge in [0.05, 0.1) is 6.54 Å². The van der Waals surface area contributed by atoms with Crippen LogP contribution in [0.3, 0.4) is 0 Å². The lowest BCUT2D eigenvalue weighted by Gasteiger charge is -2.11. The van der Waals surface area contributed by atoms with Crippen molar-refractivity contribution in [2.24, 2.45) is 0 Å². The fourth-order valence-electron chi connectivity index (χ4n) is 2.09. The number of rotatable bonds is 6. The second kappa shape index (κ2) is 5.82. The monoisotopic (exact) mass is 303 g/mol. The summed E-state index contributed by atoms with van der Waals surface area (Å²) in [6, 6.07) is 7.47. The van der Waals surface area contributed by atoms with Gasteiger partial charge in [0.25, 0.3) is 0 Å². The van der Waals surface area contributed by atoms with Crippen LogP contribution in [0, 0.1) is 10.1 Å². The van der Waals surface area contributed by atoms with Gasteiger partial charge in [-0.25, -0.2) is 0 Å². The number of nitrogens with zero attached hydrogens (tertiary/aromatic N) is 4. The number of H-pyrrole nitrogens is 1. The van der Waals surface area contributed by atoms with Gasteiger partial charge < -0.3 is 24.9 Å². The molecule has 9 nitrogen and oxygen atoms in total. The van der Waals surface area contributed by atoms with Crippen LogP contribution in [0.25, 0.3) is 10.9 Å². The molecule has 114 valence electrons. The SMILES string of the molecule is O=[N+]([O-])c1ncn(C[C@H](O)COc2cccc3[nH]ccc23)n1. The molecular weight excluding hydrogens is 290 g/mol. The number of fused-ring (bicyclic) bond motifs is 1. The zero-order valence-corrected chi connectivity index (χ0v) is 11.4. The minimum absolute atomic E-state index is 0.0396. The van der Waals surface area contributed by atoms with E-state index < -0.39 is 17.0 Å². The van der Waals surface area contributed by atoms with Crippen molar-refractivity contribution < 1.29 is 14.8 Å². The van der Waals surface area contributed by atoms with Gasteiger partial charge in [0.1, 0.15) is 18.5 Å². The van der Waals surface area contributed by atoms with Crippen molar-refractivity contribution in [2.45, 2.75) is 12.6 Å². The highest BCUT2D eigenvalue weighted by molar-refractivity contribution is 5.85. The van der Waals surface area contributed by atoms with E-state index in [-0.39, 0.29) is 13.2 Å². The fourth-order valence-corrected chi connectivity index (χ4v) is 2.09. The number of benzene rings is 1. The summed E-state index contributed by atoms with van der Waals surface area (Å²) in [6.07, 6.45) is 2.15. The molecule has 2 heterocycles. The Labute approximate surface area is 124 Å². The molecule has 0 aliphatic rings. The van der Waals surface area contributed by atoms with E-state index in [2.05, 4.69) is 15.1 Å². The van der Waals surface area contributed by atoms with E-state index in [1.54, 1.807) is 0 Å². The summed E-state index contributed by atoms with van der Waals surface area (Å²) < 4.78 is 6.81. The van der Waals surface area contributed by atoms with Gasteiger partial charge in [0.2, 0.25) is 6.33 Å². The summed E-state index contributed by atoms with van der Waals surface area (Å²) in [5, 5.41) is 25.0. The number of aliphatic hydroxyl groups excluding tert-OH is 1. The quantitative estimate of drug-likeness (QED) is 0.520. The number of aromatic amines is 1. The van der Waals surface area contributed by atoms with E-state index in [1.807, 2.05) is 30.5 Å². The van der Waals surface area contributed by atoms with Crippen LogP contribution in [0.4, 0.5) is 5.95 Å². The lowest BCUT2D eigenvalue weighted by Crippen LogP contribution is -2.24. The third kappa shape index (κ3) is 2.88. The molecule has 22 heavy (non-hydrogen) atoms. The number of aromatic nitrogens is 4. The molecule has 0 unspecified atom stereocenters. The number of nitro groups is 1. The molecule has 0 fully saturated rings. The molecule has 2 aromatic heterocycles. The summed E-state index contributed by atoms with van der Waals surface area (Å²) >= 11 is 0. The Morgan fingerprint density at radius 3 is 3.09 bits per heavy atom. The zero-order valence-electron chi connectivity index (χ0n) is 11.4. The van der Waals surface area contributed by atoms with Crippen molar-refractivity contribution in [1.29, 1.82) is 0 Å². The highest BCUT2D eigenvalue weighted by atomic mass is 16.6. The first-order chi connectivity index (χ1) is 10.6. The molecule has 0 bridgehead atoms. The van der Waals surface area contributed by atoms with Crippen LogP contribution in [0.1, 0.15) is 0 Å². The van der Waals surface area contributed by atoms with E-state index in [1.165, 1.54) is 11.0 Å². The van der Waals surface area contributed by atoms with Gasteiger partial charge >= 0.3 is 5.95 Å². The first-order valence-corrected chi connectivity index (χ1v) is 6.54. The molecule has 0 aliphatic carbocycles. The second-order valence-electron chi connectivity index (χ2n) is 4.68. The van der Waals surface area contributed by atoms with E-state index in [4.69, 9.17) is 4.74 Å². The van der Waals surface area contributed by atoms with Crippen molar-refractivity contribution in [1.82, 2.24) is 19.7 Å². The first kappa shape index (κ1) is 14.0. The van der Waals surface area contributed by atoms with Crippen LogP contribution in [0.5, 0.6) is 5.75 Å². The zero-order chi connectivity index (χ0) is 15.5. The van der Waals surface area contributed by atoms with Gasteiger partial charge in [0, 0.05) is 22.2 Å². The highest BCUT2D eigenvalue weighted by Crippen LogP contribution is 2.24. The van der Waals surface area contributed by atoms with Gasteiger partial charge in [-0.1, -0.05) is 11.1 Å². The van der Waals surface area contributed by atoms with Gasteiger partial charge in [-0.05, 0) is 23.1 Å². The van der Waals surface area contributed by atoms with Crippen molar-refractivity contribution in [3.05, 3.63) is 46.9 Å². The number of aliphatic hydroxyl groups is 1. The Balaban J connectivity index is 1.61. The van der Waals surface area contributed by atoms with Crippen LogP contribution in [-0.2, 0) is 6.54 Å². The number of nitrogens with one attached hydrogen (secondary N) is 1. The lowest BCUT2D eigenvalue weighted by atomic mass is 10.2. The molecule has 3 aromatic rings. The van der Waals surface area contributed by atoms with E-state index in [0.717, 1.165) is 10.9 Å². The average Bonchev–Trinajstić information content (AvgIpc) is 3.13. The third-order valence-corrected chi connectivity index (χ3v) is 3.07. The average molecular weight is 303 g/mol. The molecule has 3 rings (SSSR count). The Morgan fingerprint density at radius 1 is 1.45 bits per heavy atom. The van der Waals surface area contributed by atoms with E-state index in [0.29, 0.717) is 5.75 Å². The molecule has 0 saturated heterocycles. The minimum Gasteiger partial charge on any atom is -0.490 e. The maximum absolute atomic E-state index is 10.5. The van der Waals surface area contributed by atoms with Crippen LogP contribution in [0.2, 0.25) is 0 Å². The molecule has 0 aliphatic heterocycles. The smallest absolute Gasteiger partial charge is 0.490 e. The van der Waals surface area contributed by atoms with Crippen LogP contribution in [-0.4, -0.2) is 42.5 Å². The molecular formula is C13H13N5O4. The first-order valence-electron chi connectivity index (χ1n) is 6.54. The van der Waals surface area contributed by atoms with Crippen LogP contribution in [0.15, 0.2) is 36.8 Å². The van der Waals surface area contributed by atoms with Crippen LogP contribution >= 0.6 is 0 Å². The maximum atomic E-state index is 10.5. The van der Waals surface area contributed by atoms with E-state index in [9.17, 15) is 15.2 Å². The van der Waals surface area contributed by atoms with Gasteiger partial charge in [-0.3, -0.25) is 0 Å². The number of ether oxygens (including phenoxy) is 1. The van der Waals surface area contributed by atoms with Crippen LogP contribution < -0.4 is 4.74 Å². The highest BCUT2D eigenvalue weighted by Gasteiger charge is 2.16. The summed E-state index contributed by atoms with van der Waals surface area (Å²) in [5.74, 6) is 0.160. The molecule has 1 aromatic carbocycles. The second-order valence-corrected chi connectivity index (χ2v) is 4.68. The molecule has 2 N–H and O–H groups in total. The third-order valence-electron chi connectivity index (χ3n) is 3.07. The molecule has 0 amide bonds. The predicted molar refractivity (Wildman–Crippen MR) is 76.5 cm³/mol. The number of hydrogen-bond acceptors (Lipinski definition) is 6. The standard InChI is InChI=1S/C13H13N5O4/c19-9(6-17-8-15-13(16-17)18(20)21)7-22-12-3-1-2-11-10(12)4-5-14-11/h1-5,8-9,14,19H,6-7H2/t9-/m0/s1. The van der Waals surface area contributed by atoms with Crippen molar-refractivity contribution in [3.8, 4) is 5.75 Å². The topological polar surface area (TPSA) is 119 Å². The lowest BCUT2D eigenvalue weighted by molar-refractivity contribution is -0.394. The Bertz CT molecular complexity index is 796. The summed E-state index contributed by atoms with van der Waals surface area (Å²) in [5.41, 5.74) is 0.943. The fraction of sp³-hybridized carbons (Fsp3) is 0.231. The van der Waals surface area contributed by atoms with Gasteiger partial charge in [0.15, 0.2) is 0 Å². The Kier molecular flexibility index (Phi) is 3.71. The Morgan fingerprint density at radius 2 is 2.32 bits per heavy atom. The number of hydrogen-bond donors (Lipinski definition) is 2. The molecule has 0 radical (unpaired) electrons. The summed E-state index contributed by atoms with van der Waals surface area (Å²) in [4.78, 5) is 16.4. The normalized spacial score (nSPS) is 12.4. The summed E-state index contributed by atoms with van der Waals surface area (Å²) in [6.45, 7) is 0.0991. The van der Waals surface area contributed by atoms with Gasteiger partial charge in [-0.15, -0.1) is 0 Å². The van der Waals surface area contributed by atoms with Crippen molar-refractivity contribution in [2.75, 3.05) is 6.61 Å². The van der Waals surface area contributed by atoms with Crippen molar-refractivity contribution in [3.63, 3.8) is 0 Å². The maximum Gasteiger partial charge on any atom is 0.490 e. The Hall–Kier alpha value is -2.94.